The number of nitrogens with zero attached hydrogens (tertiary/aromatic N) is 1. The molecule has 0 aromatic carbocycles. The topological polar surface area (TPSA) is 12.4 Å². The predicted octanol–water partition coefficient (Wildman–Crippen LogP) is 3.91. The molecule has 0 saturated carbocycles. The van der Waals surface area contributed by atoms with Gasteiger partial charge >= 0.3 is 0 Å². The van der Waals surface area contributed by atoms with Gasteiger partial charge in [-0.2, -0.15) is 0 Å². The van der Waals surface area contributed by atoms with E-state index in [1.165, 1.54) is 0 Å². The fourth-order valence-corrected chi connectivity index (χ4v) is 1.13. The van der Waals surface area contributed by atoms with E-state index in [1.54, 1.807) is 0 Å². The molecular weight excluding hydrogens is 178 g/mol. The lowest BCUT2D eigenvalue weighted by molar-refractivity contribution is 0.438. The van der Waals surface area contributed by atoms with Crippen LogP contribution in [-0.4, -0.2) is 16.8 Å². The van der Waals surface area contributed by atoms with Gasteiger partial charge in [0.05, 0.1) is 0 Å². The maximum atomic E-state index is 4.47. The Morgan fingerprint density at radius 2 is 1.62 bits per heavy atom. The van der Waals surface area contributed by atoms with Gasteiger partial charge in [-0.25, -0.2) is 4.40 Å². The molecule has 2 heteroatoms. The molecule has 1 unspecified atom stereocenters. The van der Waals surface area contributed by atoms with Gasteiger partial charge in [-0.15, -0.1) is 0 Å². The van der Waals surface area contributed by atoms with Crippen molar-refractivity contribution < 1.29 is 0 Å². The van der Waals surface area contributed by atoms with Crippen LogP contribution in [0.4, 0.5) is 0 Å². The highest BCUT2D eigenvalue weighted by Crippen LogP contribution is 2.30. The maximum Gasteiger partial charge on any atom is 0.0220 e. The summed E-state index contributed by atoms with van der Waals surface area (Å²) in [5, 5.41) is 0. The minimum atomic E-state index is -0.103. The second-order valence-corrected chi connectivity index (χ2v) is 7.69. The highest BCUT2D eigenvalue weighted by molar-refractivity contribution is 8.14. The molecule has 0 radical (unpaired) electrons. The van der Waals surface area contributed by atoms with E-state index in [-0.39, 0.29) is 15.4 Å². The molecule has 0 aliphatic carbocycles. The molecule has 0 aliphatic heterocycles. The Labute approximate surface area is 85.7 Å². The third-order valence-corrected chi connectivity index (χ3v) is 3.43. The van der Waals surface area contributed by atoms with E-state index in [9.17, 15) is 0 Å². The van der Waals surface area contributed by atoms with E-state index >= 15 is 0 Å². The van der Waals surface area contributed by atoms with Gasteiger partial charge in [0.25, 0.3) is 0 Å². The summed E-state index contributed by atoms with van der Waals surface area (Å²) in [4.78, 5) is 0. The monoisotopic (exact) mass is 201 g/mol. The Morgan fingerprint density at radius 3 is 1.92 bits per heavy atom. The van der Waals surface area contributed by atoms with E-state index in [1.807, 2.05) is 6.21 Å². The van der Waals surface area contributed by atoms with E-state index in [0.717, 1.165) is 6.42 Å². The molecule has 0 saturated heterocycles. The van der Waals surface area contributed by atoms with Crippen LogP contribution in [-0.2, 0) is 0 Å². The molecule has 0 rings (SSSR count). The Bertz CT molecular complexity index is 203. The number of hydrogen-bond donors (Lipinski definition) is 0. The molecule has 0 aromatic heterocycles. The van der Waals surface area contributed by atoms with Crippen molar-refractivity contribution in [2.75, 3.05) is 0 Å². The van der Waals surface area contributed by atoms with Crippen LogP contribution in [0.25, 0.3) is 0 Å². The van der Waals surface area contributed by atoms with Gasteiger partial charge < -0.3 is 0 Å². The molecule has 0 aromatic rings. The zero-order chi connectivity index (χ0) is 10.7. The zero-order valence-corrected chi connectivity index (χ0v) is 10.7. The summed E-state index contributed by atoms with van der Waals surface area (Å²) in [6, 6.07) is 0. The normalized spacial score (nSPS) is 16.5. The van der Waals surface area contributed by atoms with E-state index in [2.05, 4.69) is 51.8 Å². The molecule has 0 spiro atoms. The molecule has 0 fully saturated rings. The maximum absolute atomic E-state index is 4.47. The van der Waals surface area contributed by atoms with Gasteiger partial charge in [-0.3, -0.25) is 0 Å². The summed E-state index contributed by atoms with van der Waals surface area (Å²) in [6.45, 7) is 13.2. The van der Waals surface area contributed by atoms with Crippen LogP contribution in [0.5, 0.6) is 0 Å². The van der Waals surface area contributed by atoms with Crippen molar-refractivity contribution in [3.05, 3.63) is 0 Å². The fourth-order valence-electron chi connectivity index (χ4n) is 0.559. The first-order valence-electron chi connectivity index (χ1n) is 4.70. The molecule has 13 heavy (non-hydrogen) atoms. The Balaban J connectivity index is 4.09. The number of rotatable bonds is 2. The summed E-state index contributed by atoms with van der Waals surface area (Å²) in [5.74, 6) is 4.06. The average Bonchev–Trinajstić information content (AvgIpc) is 1.82. The van der Waals surface area contributed by atoms with Crippen molar-refractivity contribution in [2.24, 2.45) is 9.81 Å². The summed E-state index contributed by atoms with van der Waals surface area (Å²) < 4.78 is 4.68. The quantitative estimate of drug-likeness (QED) is 0.474. The van der Waals surface area contributed by atoms with E-state index in [4.69, 9.17) is 0 Å². The third kappa shape index (κ3) is 7.00. The van der Waals surface area contributed by atoms with Crippen molar-refractivity contribution in [3.63, 3.8) is 0 Å². The largest absolute Gasteiger partial charge is 0.236 e. The summed E-state index contributed by atoms with van der Waals surface area (Å²) in [5.41, 5.74) is 0.339. The van der Waals surface area contributed by atoms with Crippen molar-refractivity contribution in [3.8, 4) is 0 Å². The minimum absolute atomic E-state index is 0.103. The summed E-state index contributed by atoms with van der Waals surface area (Å²) in [7, 11) is -0.103. The predicted molar refractivity (Wildman–Crippen MR) is 67.0 cm³/mol. The highest BCUT2D eigenvalue weighted by Gasteiger charge is 2.12. The van der Waals surface area contributed by atoms with Crippen LogP contribution in [0.15, 0.2) is 4.40 Å². The standard InChI is InChI=1S/C11H23NS/c1-10(2,3)8-9-12-13(7)11(4,5)6/h9H,7-8H2,1-6H3. The van der Waals surface area contributed by atoms with Crippen LogP contribution in [0.1, 0.15) is 48.0 Å². The van der Waals surface area contributed by atoms with Crippen LogP contribution >= 0.6 is 10.7 Å². The summed E-state index contributed by atoms with van der Waals surface area (Å²) >= 11 is 0. The minimum Gasteiger partial charge on any atom is -0.236 e. The van der Waals surface area contributed by atoms with Gasteiger partial charge in [0.15, 0.2) is 0 Å². The highest BCUT2D eigenvalue weighted by atomic mass is 32.2. The molecular formula is C11H23NS. The van der Waals surface area contributed by atoms with Gasteiger partial charge in [0.2, 0.25) is 0 Å². The van der Waals surface area contributed by atoms with E-state index in [0.29, 0.717) is 5.41 Å². The molecule has 1 atom stereocenters. The van der Waals surface area contributed by atoms with Gasteiger partial charge in [-0.05, 0) is 32.6 Å². The Morgan fingerprint density at radius 1 is 1.15 bits per heavy atom. The summed E-state index contributed by atoms with van der Waals surface area (Å²) in [6.07, 6.45) is 3.06. The SMILES string of the molecule is C=S(N=CCC(C)(C)C)C(C)(C)C. The second kappa shape index (κ2) is 4.41. The van der Waals surface area contributed by atoms with Crippen LogP contribution in [0, 0.1) is 5.41 Å². The van der Waals surface area contributed by atoms with Crippen LogP contribution in [0.3, 0.4) is 0 Å². The fraction of sp³-hybridized carbons (Fsp3) is 0.818. The van der Waals surface area contributed by atoms with Gasteiger partial charge in [-0.1, -0.05) is 37.3 Å². The number of hydrogen-bond acceptors (Lipinski definition) is 1. The Kier molecular flexibility index (Phi) is 4.37. The molecule has 0 amide bonds. The first-order valence-corrected chi connectivity index (χ1v) is 6.05. The lowest BCUT2D eigenvalue weighted by atomic mass is 9.93. The molecule has 0 heterocycles. The lowest BCUT2D eigenvalue weighted by Crippen LogP contribution is -2.09. The second-order valence-electron chi connectivity index (χ2n) is 5.53. The molecule has 1 nitrogen and oxygen atoms in total. The van der Waals surface area contributed by atoms with Crippen molar-refractivity contribution in [1.82, 2.24) is 0 Å². The molecule has 0 bridgehead atoms. The van der Waals surface area contributed by atoms with Gasteiger partial charge in [0, 0.05) is 11.0 Å². The lowest BCUT2D eigenvalue weighted by Gasteiger charge is -2.20. The van der Waals surface area contributed by atoms with Crippen LogP contribution < -0.4 is 0 Å². The first-order chi connectivity index (χ1) is 5.63. The van der Waals surface area contributed by atoms with E-state index < -0.39 is 0 Å². The first kappa shape index (κ1) is 12.9. The Hall–Kier alpha value is -0.110. The van der Waals surface area contributed by atoms with Crippen molar-refractivity contribution in [2.45, 2.75) is 52.7 Å². The smallest absolute Gasteiger partial charge is 0.0220 e. The van der Waals surface area contributed by atoms with Crippen LogP contribution in [0.2, 0.25) is 0 Å². The molecule has 0 aliphatic rings. The third-order valence-electron chi connectivity index (χ3n) is 1.61. The van der Waals surface area contributed by atoms with Crippen molar-refractivity contribution >= 4 is 22.8 Å². The van der Waals surface area contributed by atoms with Gasteiger partial charge in [0.1, 0.15) is 0 Å². The molecule has 0 N–H and O–H groups in total. The molecule has 78 valence electrons. The zero-order valence-electron chi connectivity index (χ0n) is 9.85. The average molecular weight is 201 g/mol. The van der Waals surface area contributed by atoms with Crippen molar-refractivity contribution in [1.29, 1.82) is 0 Å².